The van der Waals surface area contributed by atoms with E-state index in [1.54, 1.807) is 26.0 Å². The largest absolute Gasteiger partial charge is 0.447 e. The third kappa shape index (κ3) is 4.95. The lowest BCUT2D eigenvalue weighted by Gasteiger charge is -2.19. The predicted molar refractivity (Wildman–Crippen MR) is 88.4 cm³/mol. The number of amides is 1. The molecule has 0 radical (unpaired) electrons. The van der Waals surface area contributed by atoms with Gasteiger partial charge in [0, 0.05) is 12.1 Å². The average Bonchev–Trinajstić information content (AvgIpc) is 2.59. The molecule has 4 nitrogen and oxygen atoms in total. The van der Waals surface area contributed by atoms with Crippen LogP contribution in [0.2, 0.25) is 0 Å². The molecule has 1 atom stereocenters. The molecule has 0 aromatic heterocycles. The van der Waals surface area contributed by atoms with E-state index in [0.29, 0.717) is 12.1 Å². The van der Waals surface area contributed by atoms with Crippen molar-refractivity contribution in [3.63, 3.8) is 0 Å². The van der Waals surface area contributed by atoms with Crippen LogP contribution >= 0.6 is 0 Å². The number of ether oxygens (including phenoxy) is 1. The Balaban J connectivity index is 2.09. The molecule has 2 rings (SSSR count). The third-order valence-electron chi connectivity index (χ3n) is 3.36. The summed E-state index contributed by atoms with van der Waals surface area (Å²) in [4.78, 5) is 24.4. The molecule has 0 aliphatic carbocycles. The van der Waals surface area contributed by atoms with Gasteiger partial charge in [-0.1, -0.05) is 74.5 Å². The Kier molecular flexibility index (Phi) is 5.92. The molecule has 0 saturated carbocycles. The van der Waals surface area contributed by atoms with Gasteiger partial charge in [-0.15, -0.1) is 0 Å². The number of benzene rings is 2. The zero-order valence-electron chi connectivity index (χ0n) is 13.4. The van der Waals surface area contributed by atoms with E-state index < -0.39 is 12.1 Å². The van der Waals surface area contributed by atoms with Crippen LogP contribution in [0, 0.1) is 5.92 Å². The standard InChI is InChI=1S/C19H21NO3/c1-14(2)19(22)23-17(16-11-7-4-8-12-16)18(21)20-13-15-9-5-3-6-10-15/h3-12,14,17H,13H2,1-2H3,(H,20,21)/t17-/m0/s1. The summed E-state index contributed by atoms with van der Waals surface area (Å²) in [6.45, 7) is 3.88. The van der Waals surface area contributed by atoms with Gasteiger partial charge >= 0.3 is 5.97 Å². The number of rotatable bonds is 6. The molecule has 0 aliphatic rings. The fourth-order valence-corrected chi connectivity index (χ4v) is 2.03. The van der Waals surface area contributed by atoms with Gasteiger partial charge in [0.1, 0.15) is 0 Å². The minimum Gasteiger partial charge on any atom is -0.447 e. The molecule has 120 valence electrons. The normalized spacial score (nSPS) is 11.8. The fraction of sp³-hybridized carbons (Fsp3) is 0.263. The first kappa shape index (κ1) is 16.7. The Morgan fingerprint density at radius 3 is 2.09 bits per heavy atom. The zero-order chi connectivity index (χ0) is 16.7. The highest BCUT2D eigenvalue weighted by Gasteiger charge is 2.25. The van der Waals surface area contributed by atoms with E-state index in [4.69, 9.17) is 4.74 Å². The third-order valence-corrected chi connectivity index (χ3v) is 3.36. The minimum atomic E-state index is -0.935. The van der Waals surface area contributed by atoms with Gasteiger partial charge in [-0.05, 0) is 5.56 Å². The summed E-state index contributed by atoms with van der Waals surface area (Å²) >= 11 is 0. The van der Waals surface area contributed by atoms with Crippen LogP contribution in [-0.4, -0.2) is 11.9 Å². The molecule has 1 amide bonds. The van der Waals surface area contributed by atoms with Crippen molar-refractivity contribution in [1.29, 1.82) is 0 Å². The van der Waals surface area contributed by atoms with Gasteiger partial charge in [0.05, 0.1) is 5.92 Å². The lowest BCUT2D eigenvalue weighted by atomic mass is 10.1. The molecule has 0 spiro atoms. The first-order chi connectivity index (χ1) is 11.1. The van der Waals surface area contributed by atoms with Gasteiger partial charge < -0.3 is 10.1 Å². The number of carbonyl (C=O) groups excluding carboxylic acids is 2. The summed E-state index contributed by atoms with van der Waals surface area (Å²) in [5.41, 5.74) is 1.65. The van der Waals surface area contributed by atoms with Crippen LogP contribution < -0.4 is 5.32 Å². The van der Waals surface area contributed by atoms with Crippen molar-refractivity contribution in [2.24, 2.45) is 5.92 Å². The summed E-state index contributed by atoms with van der Waals surface area (Å²) < 4.78 is 5.40. The molecule has 0 aliphatic heterocycles. The molecule has 4 heteroatoms. The highest BCUT2D eigenvalue weighted by Crippen LogP contribution is 2.19. The SMILES string of the molecule is CC(C)C(=O)O[C@H](C(=O)NCc1ccccc1)c1ccccc1. The molecular formula is C19H21NO3. The van der Waals surface area contributed by atoms with Crippen LogP contribution in [0.5, 0.6) is 0 Å². The number of hydrogen-bond acceptors (Lipinski definition) is 3. The van der Waals surface area contributed by atoms with Crippen molar-refractivity contribution < 1.29 is 14.3 Å². The molecular weight excluding hydrogens is 290 g/mol. The summed E-state index contributed by atoms with van der Waals surface area (Å²) in [5.74, 6) is -1.01. The Labute approximate surface area is 136 Å². The first-order valence-corrected chi connectivity index (χ1v) is 7.65. The maximum atomic E-state index is 12.5. The molecule has 2 aromatic rings. The topological polar surface area (TPSA) is 55.4 Å². The van der Waals surface area contributed by atoms with Crippen molar-refractivity contribution in [1.82, 2.24) is 5.32 Å². The monoisotopic (exact) mass is 311 g/mol. The fourth-order valence-electron chi connectivity index (χ4n) is 2.03. The molecule has 0 fully saturated rings. The Morgan fingerprint density at radius 1 is 0.957 bits per heavy atom. The van der Waals surface area contributed by atoms with Gasteiger partial charge in [-0.25, -0.2) is 0 Å². The second-order valence-electron chi connectivity index (χ2n) is 5.59. The van der Waals surface area contributed by atoms with Gasteiger partial charge in [-0.3, -0.25) is 9.59 Å². The Hall–Kier alpha value is -2.62. The second kappa shape index (κ2) is 8.13. The van der Waals surface area contributed by atoms with E-state index in [-0.39, 0.29) is 11.8 Å². The molecule has 0 unspecified atom stereocenters. The molecule has 23 heavy (non-hydrogen) atoms. The highest BCUT2D eigenvalue weighted by molar-refractivity contribution is 5.85. The number of carbonyl (C=O) groups is 2. The second-order valence-corrected chi connectivity index (χ2v) is 5.59. The van der Waals surface area contributed by atoms with Crippen LogP contribution in [0.25, 0.3) is 0 Å². The van der Waals surface area contributed by atoms with E-state index in [2.05, 4.69) is 5.32 Å². The Morgan fingerprint density at radius 2 is 1.52 bits per heavy atom. The van der Waals surface area contributed by atoms with Crippen LogP contribution in [0.1, 0.15) is 31.1 Å². The lowest BCUT2D eigenvalue weighted by molar-refractivity contribution is -0.159. The van der Waals surface area contributed by atoms with Crippen LogP contribution in [0.3, 0.4) is 0 Å². The quantitative estimate of drug-likeness (QED) is 0.833. The maximum absolute atomic E-state index is 12.5. The van der Waals surface area contributed by atoms with Crippen LogP contribution in [0.15, 0.2) is 60.7 Å². The number of nitrogens with one attached hydrogen (secondary N) is 1. The first-order valence-electron chi connectivity index (χ1n) is 7.65. The van der Waals surface area contributed by atoms with Crippen LogP contribution in [0.4, 0.5) is 0 Å². The summed E-state index contributed by atoms with van der Waals surface area (Å²) in [7, 11) is 0. The van der Waals surface area contributed by atoms with Gasteiger partial charge in [0.15, 0.2) is 0 Å². The van der Waals surface area contributed by atoms with E-state index >= 15 is 0 Å². The lowest BCUT2D eigenvalue weighted by Crippen LogP contribution is -2.32. The number of esters is 1. The van der Waals surface area contributed by atoms with Crippen molar-refractivity contribution in [3.8, 4) is 0 Å². The van der Waals surface area contributed by atoms with E-state index in [1.807, 2.05) is 48.5 Å². The predicted octanol–water partition coefficient (Wildman–Crippen LogP) is 3.24. The van der Waals surface area contributed by atoms with E-state index in [1.165, 1.54) is 0 Å². The van der Waals surface area contributed by atoms with Gasteiger partial charge in [0.25, 0.3) is 5.91 Å². The highest BCUT2D eigenvalue weighted by atomic mass is 16.5. The van der Waals surface area contributed by atoms with Crippen molar-refractivity contribution in [2.45, 2.75) is 26.5 Å². The average molecular weight is 311 g/mol. The van der Waals surface area contributed by atoms with Crippen molar-refractivity contribution >= 4 is 11.9 Å². The minimum absolute atomic E-state index is 0.289. The summed E-state index contributed by atoms with van der Waals surface area (Å²) in [6.07, 6.45) is -0.935. The molecule has 0 heterocycles. The smallest absolute Gasteiger partial charge is 0.309 e. The van der Waals surface area contributed by atoms with Crippen molar-refractivity contribution in [3.05, 3.63) is 71.8 Å². The summed E-state index contributed by atoms with van der Waals surface area (Å²) in [5, 5.41) is 2.83. The molecule has 0 bridgehead atoms. The number of hydrogen-bond donors (Lipinski definition) is 1. The maximum Gasteiger partial charge on any atom is 0.309 e. The van der Waals surface area contributed by atoms with Crippen LogP contribution in [-0.2, 0) is 20.9 Å². The van der Waals surface area contributed by atoms with E-state index in [0.717, 1.165) is 5.56 Å². The van der Waals surface area contributed by atoms with Gasteiger partial charge in [-0.2, -0.15) is 0 Å². The van der Waals surface area contributed by atoms with Crippen molar-refractivity contribution in [2.75, 3.05) is 0 Å². The molecule has 0 saturated heterocycles. The molecule has 1 N–H and O–H groups in total. The van der Waals surface area contributed by atoms with Gasteiger partial charge in [0.2, 0.25) is 6.10 Å². The Bertz CT molecular complexity index is 638. The van der Waals surface area contributed by atoms with E-state index in [9.17, 15) is 9.59 Å². The summed E-state index contributed by atoms with van der Waals surface area (Å²) in [6, 6.07) is 18.6. The zero-order valence-corrected chi connectivity index (χ0v) is 13.4. The molecule has 2 aromatic carbocycles.